The fraction of sp³-hybridized carbons (Fsp3) is 0.111. The summed E-state index contributed by atoms with van der Waals surface area (Å²) in [5, 5.41) is 11.8. The maximum Gasteiger partial charge on any atom is 0.269 e. The summed E-state index contributed by atoms with van der Waals surface area (Å²) in [6.45, 7) is 2.01. The highest BCUT2D eigenvalue weighted by Gasteiger charge is 2.10. The van der Waals surface area contributed by atoms with Crippen LogP contribution in [0.15, 0.2) is 52.9 Å². The highest BCUT2D eigenvalue weighted by molar-refractivity contribution is 8.01. The van der Waals surface area contributed by atoms with Gasteiger partial charge in [-0.05, 0) is 43.3 Å². The maximum atomic E-state index is 12.8. The molecule has 0 aliphatic carbocycles. The lowest BCUT2D eigenvalue weighted by molar-refractivity contribution is -0.119. The van der Waals surface area contributed by atoms with Crippen LogP contribution in [0, 0.1) is 12.7 Å². The van der Waals surface area contributed by atoms with E-state index in [2.05, 4.69) is 26.4 Å². The van der Waals surface area contributed by atoms with Gasteiger partial charge in [0.1, 0.15) is 5.82 Å². The Morgan fingerprint density at radius 2 is 1.75 bits per heavy atom. The summed E-state index contributed by atoms with van der Waals surface area (Å²) in [4.78, 5) is 23.7. The molecular formula is C18H16FN5O2S2. The first-order valence-electron chi connectivity index (χ1n) is 8.14. The summed E-state index contributed by atoms with van der Waals surface area (Å²) in [5.74, 6) is -1.31. The van der Waals surface area contributed by atoms with Gasteiger partial charge in [0, 0.05) is 11.3 Å². The Hall–Kier alpha value is -2.98. The number of aromatic nitrogens is 2. The Balaban J connectivity index is 1.43. The van der Waals surface area contributed by atoms with Gasteiger partial charge >= 0.3 is 0 Å². The number of rotatable bonds is 6. The number of amides is 2. The monoisotopic (exact) mass is 417 g/mol. The minimum atomic E-state index is -0.529. The standard InChI is InChI=1S/C18H16FN5O2S2/c1-11-2-8-14(9-3-11)20-17-23-24-18(28-17)27-10-15(25)21-22-16(26)12-4-6-13(19)7-5-12/h2-9H,10H2,1H3,(H,20,23)(H,21,25)(H,22,26). The van der Waals surface area contributed by atoms with Gasteiger partial charge in [-0.3, -0.25) is 20.4 Å². The number of thioether (sulfide) groups is 1. The summed E-state index contributed by atoms with van der Waals surface area (Å²) in [6.07, 6.45) is 0. The lowest BCUT2D eigenvalue weighted by Gasteiger charge is -2.06. The van der Waals surface area contributed by atoms with E-state index in [1.807, 2.05) is 31.2 Å². The van der Waals surface area contributed by atoms with Crippen LogP contribution in [0.25, 0.3) is 0 Å². The van der Waals surface area contributed by atoms with E-state index < -0.39 is 17.6 Å². The third-order valence-corrected chi connectivity index (χ3v) is 5.43. The van der Waals surface area contributed by atoms with Crippen molar-refractivity contribution in [2.75, 3.05) is 11.1 Å². The Morgan fingerprint density at radius 3 is 2.46 bits per heavy atom. The molecule has 144 valence electrons. The average molecular weight is 417 g/mol. The van der Waals surface area contributed by atoms with Crippen molar-refractivity contribution in [2.24, 2.45) is 0 Å². The average Bonchev–Trinajstić information content (AvgIpc) is 3.14. The van der Waals surface area contributed by atoms with Crippen molar-refractivity contribution >= 4 is 45.7 Å². The number of hydrogen-bond donors (Lipinski definition) is 3. The van der Waals surface area contributed by atoms with Gasteiger partial charge in [-0.1, -0.05) is 40.8 Å². The van der Waals surface area contributed by atoms with Gasteiger partial charge in [-0.25, -0.2) is 4.39 Å². The number of anilines is 2. The number of nitrogens with one attached hydrogen (secondary N) is 3. The van der Waals surface area contributed by atoms with Crippen LogP contribution in [0.2, 0.25) is 0 Å². The van der Waals surface area contributed by atoms with Crippen LogP contribution in [0.4, 0.5) is 15.2 Å². The molecule has 7 nitrogen and oxygen atoms in total. The van der Waals surface area contributed by atoms with Crippen molar-refractivity contribution in [1.82, 2.24) is 21.0 Å². The number of benzene rings is 2. The van der Waals surface area contributed by atoms with Gasteiger partial charge in [0.25, 0.3) is 5.91 Å². The largest absolute Gasteiger partial charge is 0.330 e. The van der Waals surface area contributed by atoms with Crippen molar-refractivity contribution in [3.63, 3.8) is 0 Å². The van der Waals surface area contributed by atoms with Crippen LogP contribution in [0.5, 0.6) is 0 Å². The van der Waals surface area contributed by atoms with Gasteiger partial charge in [-0.15, -0.1) is 10.2 Å². The topological polar surface area (TPSA) is 96.0 Å². The predicted molar refractivity (Wildman–Crippen MR) is 107 cm³/mol. The number of hydrazine groups is 1. The molecule has 2 amide bonds. The second-order valence-corrected chi connectivity index (χ2v) is 7.86. The first-order valence-corrected chi connectivity index (χ1v) is 9.94. The van der Waals surface area contributed by atoms with Crippen LogP contribution < -0.4 is 16.2 Å². The molecule has 0 aliphatic heterocycles. The van der Waals surface area contributed by atoms with Gasteiger partial charge < -0.3 is 5.32 Å². The normalized spacial score (nSPS) is 10.4. The molecule has 0 bridgehead atoms. The number of carbonyl (C=O) groups is 2. The zero-order valence-corrected chi connectivity index (χ0v) is 16.4. The molecular weight excluding hydrogens is 401 g/mol. The van der Waals surface area contributed by atoms with Crippen molar-refractivity contribution in [3.8, 4) is 0 Å². The van der Waals surface area contributed by atoms with E-state index >= 15 is 0 Å². The second-order valence-electron chi connectivity index (χ2n) is 5.66. The molecule has 0 fully saturated rings. The Bertz CT molecular complexity index is 961. The van der Waals surface area contributed by atoms with Crippen LogP contribution in [-0.4, -0.2) is 27.8 Å². The van der Waals surface area contributed by atoms with Gasteiger partial charge in [0.05, 0.1) is 5.75 Å². The van der Waals surface area contributed by atoms with Crippen molar-refractivity contribution < 1.29 is 14.0 Å². The van der Waals surface area contributed by atoms with Crippen LogP contribution >= 0.6 is 23.1 Å². The number of carbonyl (C=O) groups excluding carboxylic acids is 2. The van der Waals surface area contributed by atoms with Crippen molar-refractivity contribution in [3.05, 3.63) is 65.5 Å². The smallest absolute Gasteiger partial charge is 0.269 e. The van der Waals surface area contributed by atoms with Gasteiger partial charge in [-0.2, -0.15) is 0 Å². The minimum Gasteiger partial charge on any atom is -0.330 e. The summed E-state index contributed by atoms with van der Waals surface area (Å²) >= 11 is 2.53. The molecule has 3 rings (SSSR count). The summed E-state index contributed by atoms with van der Waals surface area (Å²) in [6, 6.07) is 12.9. The first-order chi connectivity index (χ1) is 13.5. The highest BCUT2D eigenvalue weighted by Crippen LogP contribution is 2.27. The third kappa shape index (κ3) is 5.76. The second kappa shape index (κ2) is 9.29. The highest BCUT2D eigenvalue weighted by atomic mass is 32.2. The van der Waals surface area contributed by atoms with Crippen molar-refractivity contribution in [2.45, 2.75) is 11.3 Å². The quantitative estimate of drug-likeness (QED) is 0.421. The molecule has 0 atom stereocenters. The molecule has 10 heteroatoms. The number of halogens is 1. The van der Waals surface area contributed by atoms with Crippen LogP contribution in [0.1, 0.15) is 15.9 Å². The number of aryl methyl sites for hydroxylation is 1. The number of nitrogens with zero attached hydrogens (tertiary/aromatic N) is 2. The predicted octanol–water partition coefficient (Wildman–Crippen LogP) is 3.28. The van der Waals surface area contributed by atoms with Crippen LogP contribution in [-0.2, 0) is 4.79 Å². The summed E-state index contributed by atoms with van der Waals surface area (Å²) in [7, 11) is 0. The van der Waals surface area contributed by atoms with E-state index in [1.54, 1.807) is 0 Å². The molecule has 1 aromatic heterocycles. The maximum absolute atomic E-state index is 12.8. The molecule has 2 aromatic carbocycles. The zero-order chi connectivity index (χ0) is 19.9. The fourth-order valence-electron chi connectivity index (χ4n) is 2.04. The van der Waals surface area contributed by atoms with Gasteiger partial charge in [0.2, 0.25) is 11.0 Å². The molecule has 0 saturated heterocycles. The Morgan fingerprint density at radius 1 is 1.04 bits per heavy atom. The van der Waals surface area contributed by atoms with E-state index in [0.717, 1.165) is 11.3 Å². The molecule has 3 aromatic rings. The minimum absolute atomic E-state index is 0.0584. The molecule has 1 heterocycles. The molecule has 0 saturated carbocycles. The van der Waals surface area contributed by atoms with E-state index in [9.17, 15) is 14.0 Å². The Kier molecular flexibility index (Phi) is 6.56. The summed E-state index contributed by atoms with van der Waals surface area (Å²) in [5.41, 5.74) is 6.89. The van der Waals surface area contributed by atoms with Crippen molar-refractivity contribution in [1.29, 1.82) is 0 Å². The Labute approximate surface area is 168 Å². The van der Waals surface area contributed by atoms with E-state index in [0.29, 0.717) is 9.47 Å². The van der Waals surface area contributed by atoms with E-state index in [4.69, 9.17) is 0 Å². The first kappa shape index (κ1) is 19.8. The molecule has 0 aliphatic rings. The molecule has 0 radical (unpaired) electrons. The van der Waals surface area contributed by atoms with Crippen LogP contribution in [0.3, 0.4) is 0 Å². The molecule has 3 N–H and O–H groups in total. The molecule has 0 spiro atoms. The SMILES string of the molecule is Cc1ccc(Nc2nnc(SCC(=O)NNC(=O)c3ccc(F)cc3)s2)cc1. The number of hydrogen-bond acceptors (Lipinski definition) is 7. The summed E-state index contributed by atoms with van der Waals surface area (Å²) < 4.78 is 13.5. The lowest BCUT2D eigenvalue weighted by Crippen LogP contribution is -2.42. The fourth-order valence-corrected chi connectivity index (χ4v) is 3.61. The zero-order valence-electron chi connectivity index (χ0n) is 14.7. The third-order valence-electron chi connectivity index (χ3n) is 3.46. The lowest BCUT2D eigenvalue weighted by atomic mass is 10.2. The molecule has 0 unspecified atom stereocenters. The van der Waals surface area contributed by atoms with E-state index in [1.165, 1.54) is 47.4 Å². The van der Waals surface area contributed by atoms with E-state index in [-0.39, 0.29) is 11.3 Å². The molecule has 28 heavy (non-hydrogen) atoms. The van der Waals surface area contributed by atoms with Gasteiger partial charge in [0.15, 0.2) is 4.34 Å².